The van der Waals surface area contributed by atoms with E-state index in [9.17, 15) is 5.11 Å². The maximum atomic E-state index is 9.23. The van der Waals surface area contributed by atoms with E-state index in [0.717, 1.165) is 25.7 Å². The predicted molar refractivity (Wildman–Crippen MR) is 85.0 cm³/mol. The average Bonchev–Trinajstić information content (AvgIpc) is 2.81. The van der Waals surface area contributed by atoms with E-state index < -0.39 is 0 Å². The number of ether oxygens (including phenoxy) is 2. The molecule has 0 aromatic rings. The summed E-state index contributed by atoms with van der Waals surface area (Å²) in [6, 6.07) is 0. The molecule has 0 amide bonds. The Bertz CT molecular complexity index is 367. The molecule has 118 valence electrons. The van der Waals surface area contributed by atoms with Gasteiger partial charge in [-0.2, -0.15) is 0 Å². The number of aliphatic hydroxyl groups excluding tert-OH is 1. The van der Waals surface area contributed by atoms with Crippen LogP contribution >= 0.6 is 0 Å². The monoisotopic (exact) mass is 292 g/mol. The lowest BCUT2D eigenvalue weighted by atomic mass is 9.94. The zero-order valence-electron chi connectivity index (χ0n) is 12.9. The molecule has 2 rings (SSSR count). The van der Waals surface area contributed by atoms with Crippen LogP contribution in [0.5, 0.6) is 0 Å². The summed E-state index contributed by atoms with van der Waals surface area (Å²) in [6.07, 6.45) is 18.2. The van der Waals surface area contributed by atoms with Crippen molar-refractivity contribution in [2.75, 3.05) is 6.61 Å². The average molecular weight is 292 g/mol. The number of rotatable bonds is 7. The van der Waals surface area contributed by atoms with Crippen molar-refractivity contribution < 1.29 is 14.6 Å². The third-order valence-electron chi connectivity index (χ3n) is 4.29. The molecule has 1 N–H and O–H groups in total. The summed E-state index contributed by atoms with van der Waals surface area (Å²) >= 11 is 0. The minimum Gasteiger partial charge on any atom is -0.396 e. The maximum Gasteiger partial charge on any atom is 0.169 e. The van der Waals surface area contributed by atoms with Gasteiger partial charge in [-0.25, -0.2) is 0 Å². The van der Waals surface area contributed by atoms with Crippen LogP contribution in [-0.2, 0) is 9.47 Å². The van der Waals surface area contributed by atoms with E-state index >= 15 is 0 Å². The van der Waals surface area contributed by atoms with Crippen molar-refractivity contribution in [2.24, 2.45) is 0 Å². The molecular formula is C18H28O3. The van der Waals surface area contributed by atoms with Gasteiger partial charge in [0.25, 0.3) is 0 Å². The molecule has 1 saturated carbocycles. The Hall–Kier alpha value is -0.900. The standard InChI is InChI=1S/C18H28O3/c1-2-3-4-5-6-8-11-16-17(12-15-19)21-18(20-16)13-9-7-10-14-18/h2-6,16-17,19H,1,7-15H2. The van der Waals surface area contributed by atoms with Gasteiger partial charge < -0.3 is 14.6 Å². The first-order valence-electron chi connectivity index (χ1n) is 8.20. The van der Waals surface area contributed by atoms with Crippen molar-refractivity contribution in [2.45, 2.75) is 69.4 Å². The van der Waals surface area contributed by atoms with Crippen molar-refractivity contribution in [3.8, 4) is 0 Å². The summed E-state index contributed by atoms with van der Waals surface area (Å²) in [4.78, 5) is 0. The van der Waals surface area contributed by atoms with E-state index in [4.69, 9.17) is 9.47 Å². The number of aliphatic hydroxyl groups is 1. The highest BCUT2D eigenvalue weighted by atomic mass is 16.8. The molecule has 3 heteroatoms. The summed E-state index contributed by atoms with van der Waals surface area (Å²) in [5.41, 5.74) is 0. The third-order valence-corrected chi connectivity index (χ3v) is 4.29. The fraction of sp³-hybridized carbons (Fsp3) is 0.667. The molecule has 2 fully saturated rings. The van der Waals surface area contributed by atoms with E-state index in [1.165, 1.54) is 19.3 Å². The van der Waals surface area contributed by atoms with Crippen LogP contribution in [0, 0.1) is 0 Å². The van der Waals surface area contributed by atoms with Crippen LogP contribution in [0.1, 0.15) is 51.4 Å². The molecular weight excluding hydrogens is 264 g/mol. The van der Waals surface area contributed by atoms with Crippen molar-refractivity contribution in [3.63, 3.8) is 0 Å². The first-order valence-corrected chi connectivity index (χ1v) is 8.20. The van der Waals surface area contributed by atoms with Crippen LogP contribution in [0.3, 0.4) is 0 Å². The van der Waals surface area contributed by atoms with Crippen LogP contribution in [0.25, 0.3) is 0 Å². The van der Waals surface area contributed by atoms with Gasteiger partial charge in [0, 0.05) is 19.4 Å². The van der Waals surface area contributed by atoms with Crippen molar-refractivity contribution >= 4 is 0 Å². The van der Waals surface area contributed by atoms with Gasteiger partial charge >= 0.3 is 0 Å². The second-order valence-corrected chi connectivity index (χ2v) is 5.92. The highest BCUT2D eigenvalue weighted by Crippen LogP contribution is 2.42. The Morgan fingerprint density at radius 1 is 1.00 bits per heavy atom. The third kappa shape index (κ3) is 4.80. The van der Waals surface area contributed by atoms with Gasteiger partial charge in [-0.3, -0.25) is 0 Å². The van der Waals surface area contributed by atoms with Crippen LogP contribution in [0.2, 0.25) is 0 Å². The Kier molecular flexibility index (Phi) is 6.68. The summed E-state index contributed by atoms with van der Waals surface area (Å²) < 4.78 is 12.5. The molecule has 1 aliphatic heterocycles. The zero-order chi connectivity index (χ0) is 15.0. The largest absolute Gasteiger partial charge is 0.396 e. The van der Waals surface area contributed by atoms with Gasteiger partial charge in [0.15, 0.2) is 5.79 Å². The summed E-state index contributed by atoms with van der Waals surface area (Å²) in [5, 5.41) is 9.23. The molecule has 21 heavy (non-hydrogen) atoms. The first-order chi connectivity index (χ1) is 10.3. The Morgan fingerprint density at radius 3 is 2.38 bits per heavy atom. The molecule has 0 radical (unpaired) electrons. The molecule has 1 spiro atoms. The minimum atomic E-state index is -0.352. The topological polar surface area (TPSA) is 38.7 Å². The number of hydrogen-bond acceptors (Lipinski definition) is 3. The highest BCUT2D eigenvalue weighted by Gasteiger charge is 2.47. The van der Waals surface area contributed by atoms with Crippen molar-refractivity contribution in [3.05, 3.63) is 37.0 Å². The summed E-state index contributed by atoms with van der Waals surface area (Å²) in [7, 11) is 0. The molecule has 0 aromatic heterocycles. The second-order valence-electron chi connectivity index (χ2n) is 5.92. The molecule has 0 aromatic carbocycles. The smallest absolute Gasteiger partial charge is 0.169 e. The van der Waals surface area contributed by atoms with Crippen LogP contribution < -0.4 is 0 Å². The van der Waals surface area contributed by atoms with Gasteiger partial charge in [0.2, 0.25) is 0 Å². The van der Waals surface area contributed by atoms with E-state index in [1.54, 1.807) is 6.08 Å². The quantitative estimate of drug-likeness (QED) is 0.723. The Labute approximate surface area is 128 Å². The molecule has 3 nitrogen and oxygen atoms in total. The molecule has 2 aliphatic rings. The lowest BCUT2D eigenvalue weighted by molar-refractivity contribution is -0.195. The van der Waals surface area contributed by atoms with Gasteiger partial charge in [0.05, 0.1) is 12.2 Å². The molecule has 0 bridgehead atoms. The summed E-state index contributed by atoms with van der Waals surface area (Å²) in [6.45, 7) is 3.80. The molecule has 2 atom stereocenters. The normalized spacial score (nSPS) is 28.8. The Morgan fingerprint density at radius 2 is 1.71 bits per heavy atom. The van der Waals surface area contributed by atoms with Gasteiger partial charge in [-0.15, -0.1) is 0 Å². The molecule has 1 heterocycles. The first kappa shape index (κ1) is 16.5. The summed E-state index contributed by atoms with van der Waals surface area (Å²) in [5.74, 6) is -0.352. The van der Waals surface area contributed by atoms with E-state index in [1.807, 2.05) is 18.2 Å². The van der Waals surface area contributed by atoms with Crippen molar-refractivity contribution in [1.82, 2.24) is 0 Å². The maximum absolute atomic E-state index is 9.23. The van der Waals surface area contributed by atoms with E-state index in [0.29, 0.717) is 6.42 Å². The van der Waals surface area contributed by atoms with Gasteiger partial charge in [-0.1, -0.05) is 43.4 Å². The van der Waals surface area contributed by atoms with Crippen LogP contribution in [0.15, 0.2) is 37.0 Å². The van der Waals surface area contributed by atoms with E-state index in [2.05, 4.69) is 12.7 Å². The highest BCUT2D eigenvalue weighted by molar-refractivity contribution is 5.08. The second kappa shape index (κ2) is 8.52. The zero-order valence-corrected chi connectivity index (χ0v) is 12.9. The van der Waals surface area contributed by atoms with E-state index in [-0.39, 0.29) is 24.6 Å². The fourth-order valence-corrected chi connectivity index (χ4v) is 3.25. The Balaban J connectivity index is 1.85. The lowest BCUT2D eigenvalue weighted by Crippen LogP contribution is -2.33. The lowest BCUT2D eigenvalue weighted by Gasteiger charge is -2.32. The van der Waals surface area contributed by atoms with Gasteiger partial charge in [0.1, 0.15) is 0 Å². The number of hydrogen-bond donors (Lipinski definition) is 1. The predicted octanol–water partition coefficient (Wildman–Crippen LogP) is 3.89. The molecule has 1 saturated heterocycles. The van der Waals surface area contributed by atoms with Gasteiger partial charge in [-0.05, 0) is 32.1 Å². The SMILES string of the molecule is C=CC=CC=CCCC1OC2(CCCCC2)OC1CCO. The number of allylic oxidation sites excluding steroid dienone is 5. The molecule has 2 unspecified atom stereocenters. The van der Waals surface area contributed by atoms with Crippen LogP contribution in [-0.4, -0.2) is 29.7 Å². The minimum absolute atomic E-state index is 0.0465. The van der Waals surface area contributed by atoms with Crippen molar-refractivity contribution in [1.29, 1.82) is 0 Å². The molecule has 1 aliphatic carbocycles. The fourth-order valence-electron chi connectivity index (χ4n) is 3.25. The van der Waals surface area contributed by atoms with Crippen LogP contribution in [0.4, 0.5) is 0 Å².